The summed E-state index contributed by atoms with van der Waals surface area (Å²) in [4.78, 5) is 0. The van der Waals surface area contributed by atoms with Crippen LogP contribution in [0.3, 0.4) is 0 Å². The van der Waals surface area contributed by atoms with Gasteiger partial charge >= 0.3 is 0 Å². The van der Waals surface area contributed by atoms with Crippen molar-refractivity contribution in [2.75, 3.05) is 12.4 Å². The van der Waals surface area contributed by atoms with Crippen LogP contribution >= 0.6 is 15.9 Å². The number of methoxy groups -OCH3 is 1. The van der Waals surface area contributed by atoms with Crippen molar-refractivity contribution in [1.82, 2.24) is 0 Å². The maximum Gasteiger partial charge on any atom is 0.133 e. The highest BCUT2D eigenvalue weighted by atomic mass is 79.9. The van der Waals surface area contributed by atoms with Crippen molar-refractivity contribution in [2.45, 2.75) is 31.7 Å². The SMILES string of the molecule is COc1ccc(NC2CCCCc3ccccc32)cc1Br. The highest BCUT2D eigenvalue weighted by Gasteiger charge is 2.18. The van der Waals surface area contributed by atoms with Gasteiger partial charge < -0.3 is 10.1 Å². The third kappa shape index (κ3) is 3.24. The Balaban J connectivity index is 1.86. The maximum absolute atomic E-state index is 5.29. The first-order valence-electron chi connectivity index (χ1n) is 7.46. The standard InChI is InChI=1S/C18H20BrNO/c1-21-18-11-10-14(12-16(18)19)20-17-9-5-3-7-13-6-2-4-8-15(13)17/h2,4,6,8,10-12,17,20H,3,5,7,9H2,1H3. The number of aryl methyl sites for hydroxylation is 1. The third-order valence-corrected chi connectivity index (χ3v) is 4.73. The van der Waals surface area contributed by atoms with Gasteiger partial charge in [-0.1, -0.05) is 30.7 Å². The molecule has 0 amide bonds. The number of hydrogen-bond acceptors (Lipinski definition) is 2. The van der Waals surface area contributed by atoms with Gasteiger partial charge in [-0.15, -0.1) is 0 Å². The van der Waals surface area contributed by atoms with Crippen molar-refractivity contribution in [3.8, 4) is 5.75 Å². The first kappa shape index (κ1) is 14.5. The quantitative estimate of drug-likeness (QED) is 0.758. The molecular formula is C18H20BrNO. The summed E-state index contributed by atoms with van der Waals surface area (Å²) < 4.78 is 6.27. The fraction of sp³-hybridized carbons (Fsp3) is 0.333. The second-order valence-corrected chi connectivity index (χ2v) is 6.35. The molecule has 0 fully saturated rings. The molecule has 3 heteroatoms. The molecule has 0 aromatic heterocycles. The Hall–Kier alpha value is -1.48. The molecular weight excluding hydrogens is 326 g/mol. The summed E-state index contributed by atoms with van der Waals surface area (Å²) in [6, 6.07) is 15.4. The molecule has 0 saturated heterocycles. The summed E-state index contributed by atoms with van der Waals surface area (Å²) in [5.74, 6) is 0.863. The van der Waals surface area contributed by atoms with E-state index >= 15 is 0 Å². The lowest BCUT2D eigenvalue weighted by atomic mass is 9.99. The van der Waals surface area contributed by atoms with Gasteiger partial charge in [-0.2, -0.15) is 0 Å². The highest BCUT2D eigenvalue weighted by molar-refractivity contribution is 9.10. The van der Waals surface area contributed by atoms with E-state index in [4.69, 9.17) is 4.74 Å². The Bertz CT molecular complexity index is 626. The van der Waals surface area contributed by atoms with Crippen molar-refractivity contribution in [3.63, 3.8) is 0 Å². The van der Waals surface area contributed by atoms with Crippen LogP contribution in [0.15, 0.2) is 46.9 Å². The van der Waals surface area contributed by atoms with Gasteiger partial charge in [0.1, 0.15) is 5.75 Å². The second kappa shape index (κ2) is 6.52. The molecule has 1 aliphatic rings. The number of halogens is 1. The first-order chi connectivity index (χ1) is 10.3. The molecule has 0 aliphatic heterocycles. The Morgan fingerprint density at radius 2 is 2.00 bits per heavy atom. The van der Waals surface area contributed by atoms with E-state index in [1.165, 1.54) is 36.8 Å². The maximum atomic E-state index is 5.29. The number of benzene rings is 2. The topological polar surface area (TPSA) is 21.3 Å². The number of nitrogens with one attached hydrogen (secondary N) is 1. The minimum Gasteiger partial charge on any atom is -0.496 e. The van der Waals surface area contributed by atoms with Gasteiger partial charge in [0.15, 0.2) is 0 Å². The van der Waals surface area contributed by atoms with Crippen LogP contribution < -0.4 is 10.1 Å². The monoisotopic (exact) mass is 345 g/mol. The molecule has 0 saturated carbocycles. The molecule has 21 heavy (non-hydrogen) atoms. The number of ether oxygens (including phenoxy) is 1. The van der Waals surface area contributed by atoms with Gasteiger partial charge in [-0.3, -0.25) is 0 Å². The van der Waals surface area contributed by atoms with Crippen LogP contribution in [0.5, 0.6) is 5.75 Å². The van der Waals surface area contributed by atoms with Gasteiger partial charge in [-0.25, -0.2) is 0 Å². The van der Waals surface area contributed by atoms with Gasteiger partial charge in [0, 0.05) is 5.69 Å². The van der Waals surface area contributed by atoms with Crippen LogP contribution in [0.1, 0.15) is 36.4 Å². The van der Waals surface area contributed by atoms with E-state index in [1.807, 2.05) is 6.07 Å². The van der Waals surface area contributed by atoms with Crippen LogP contribution in [0, 0.1) is 0 Å². The van der Waals surface area contributed by atoms with E-state index in [9.17, 15) is 0 Å². The molecule has 110 valence electrons. The molecule has 0 radical (unpaired) electrons. The highest BCUT2D eigenvalue weighted by Crippen LogP contribution is 2.34. The molecule has 2 aromatic rings. The van der Waals surface area contributed by atoms with Crippen LogP contribution in [0.2, 0.25) is 0 Å². The Morgan fingerprint density at radius 1 is 1.14 bits per heavy atom. The van der Waals surface area contributed by atoms with E-state index in [0.29, 0.717) is 6.04 Å². The fourth-order valence-corrected chi connectivity index (χ4v) is 3.57. The van der Waals surface area contributed by atoms with Gasteiger partial charge in [-0.05, 0) is 64.5 Å². The minimum atomic E-state index is 0.393. The van der Waals surface area contributed by atoms with Crippen LogP contribution in [0.25, 0.3) is 0 Å². The van der Waals surface area contributed by atoms with Gasteiger partial charge in [0.25, 0.3) is 0 Å². The van der Waals surface area contributed by atoms with Crippen molar-refractivity contribution >= 4 is 21.6 Å². The molecule has 0 bridgehead atoms. The van der Waals surface area contributed by atoms with Crippen LogP contribution in [-0.2, 0) is 6.42 Å². The number of anilines is 1. The average Bonchev–Trinajstić information content (AvgIpc) is 2.70. The molecule has 2 nitrogen and oxygen atoms in total. The number of hydrogen-bond donors (Lipinski definition) is 1. The normalized spacial score (nSPS) is 17.7. The molecule has 1 unspecified atom stereocenters. The largest absolute Gasteiger partial charge is 0.496 e. The Kier molecular flexibility index (Phi) is 4.49. The zero-order chi connectivity index (χ0) is 14.7. The number of rotatable bonds is 3. The molecule has 0 spiro atoms. The van der Waals surface area contributed by atoms with Crippen molar-refractivity contribution in [3.05, 3.63) is 58.1 Å². The zero-order valence-corrected chi connectivity index (χ0v) is 13.8. The fourth-order valence-electron chi connectivity index (χ4n) is 3.03. The molecule has 1 atom stereocenters. The molecule has 1 aliphatic carbocycles. The van der Waals surface area contributed by atoms with Crippen molar-refractivity contribution < 1.29 is 4.74 Å². The minimum absolute atomic E-state index is 0.393. The molecule has 0 heterocycles. The van der Waals surface area contributed by atoms with E-state index in [1.54, 1.807) is 7.11 Å². The van der Waals surface area contributed by atoms with E-state index in [-0.39, 0.29) is 0 Å². The molecule has 1 N–H and O–H groups in total. The van der Waals surface area contributed by atoms with Crippen molar-refractivity contribution in [2.24, 2.45) is 0 Å². The summed E-state index contributed by atoms with van der Waals surface area (Å²) in [6.45, 7) is 0. The molecule has 3 rings (SSSR count). The van der Waals surface area contributed by atoms with Gasteiger partial charge in [0.05, 0.1) is 17.6 Å². The smallest absolute Gasteiger partial charge is 0.133 e. The lowest BCUT2D eigenvalue weighted by Gasteiger charge is -2.21. The summed E-state index contributed by atoms with van der Waals surface area (Å²) in [7, 11) is 1.69. The summed E-state index contributed by atoms with van der Waals surface area (Å²) in [6.07, 6.45) is 4.92. The number of fused-ring (bicyclic) bond motifs is 1. The average molecular weight is 346 g/mol. The lowest BCUT2D eigenvalue weighted by molar-refractivity contribution is 0.412. The third-order valence-electron chi connectivity index (χ3n) is 4.11. The van der Waals surface area contributed by atoms with E-state index in [0.717, 1.165) is 15.9 Å². The Morgan fingerprint density at radius 3 is 2.81 bits per heavy atom. The predicted octanol–water partition coefficient (Wildman–Crippen LogP) is 5.34. The van der Waals surface area contributed by atoms with Crippen molar-refractivity contribution in [1.29, 1.82) is 0 Å². The lowest BCUT2D eigenvalue weighted by Crippen LogP contribution is -2.11. The Labute approximate surface area is 134 Å². The second-order valence-electron chi connectivity index (χ2n) is 5.49. The first-order valence-corrected chi connectivity index (χ1v) is 8.25. The molecule has 2 aromatic carbocycles. The van der Waals surface area contributed by atoms with Crippen LogP contribution in [0.4, 0.5) is 5.69 Å². The van der Waals surface area contributed by atoms with E-state index in [2.05, 4.69) is 57.6 Å². The summed E-state index contributed by atoms with van der Waals surface area (Å²) in [5, 5.41) is 3.68. The summed E-state index contributed by atoms with van der Waals surface area (Å²) in [5.41, 5.74) is 4.06. The van der Waals surface area contributed by atoms with Gasteiger partial charge in [0.2, 0.25) is 0 Å². The predicted molar refractivity (Wildman–Crippen MR) is 91.1 cm³/mol. The summed E-state index contributed by atoms with van der Waals surface area (Å²) >= 11 is 3.55. The van der Waals surface area contributed by atoms with E-state index < -0.39 is 0 Å². The zero-order valence-electron chi connectivity index (χ0n) is 12.2. The van der Waals surface area contributed by atoms with Crippen LogP contribution in [-0.4, -0.2) is 7.11 Å².